The maximum absolute atomic E-state index is 12.1. The molecule has 3 amide bonds. The molecule has 0 unspecified atom stereocenters. The molecule has 1 saturated carbocycles. The Labute approximate surface area is 163 Å². The van der Waals surface area contributed by atoms with Gasteiger partial charge < -0.3 is 10.1 Å². The molecule has 2 aromatic carbocycles. The van der Waals surface area contributed by atoms with Crippen LogP contribution in [0.15, 0.2) is 42.5 Å². The number of anilines is 1. The molecule has 7 nitrogen and oxygen atoms in total. The predicted molar refractivity (Wildman–Crippen MR) is 105 cm³/mol. The van der Waals surface area contributed by atoms with E-state index in [9.17, 15) is 14.4 Å². The Hall–Kier alpha value is -3.35. The fraction of sp³-hybridized carbons (Fsp3) is 0.286. The third-order valence-electron chi connectivity index (χ3n) is 4.53. The molecule has 0 radical (unpaired) electrons. The SMILES string of the molecule is Cc1ccc(OCC(=O)NNC(=O)c2ccc(NC(=O)C3CC3)cc2)cc1C. The van der Waals surface area contributed by atoms with E-state index in [0.717, 1.165) is 24.0 Å². The lowest BCUT2D eigenvalue weighted by atomic mass is 10.1. The van der Waals surface area contributed by atoms with Gasteiger partial charge in [-0.15, -0.1) is 0 Å². The molecular weight excluding hydrogens is 358 g/mol. The maximum atomic E-state index is 12.1. The van der Waals surface area contributed by atoms with Gasteiger partial charge in [-0.05, 0) is 74.2 Å². The number of nitrogens with one attached hydrogen (secondary N) is 3. The summed E-state index contributed by atoms with van der Waals surface area (Å²) in [7, 11) is 0. The largest absolute Gasteiger partial charge is 0.484 e. The summed E-state index contributed by atoms with van der Waals surface area (Å²) in [6.45, 7) is 3.75. The first-order valence-corrected chi connectivity index (χ1v) is 9.12. The fourth-order valence-electron chi connectivity index (χ4n) is 2.48. The van der Waals surface area contributed by atoms with Crippen molar-refractivity contribution in [1.29, 1.82) is 0 Å². The van der Waals surface area contributed by atoms with Crippen LogP contribution in [0.25, 0.3) is 0 Å². The number of carbonyl (C=O) groups excluding carboxylic acids is 3. The molecule has 3 rings (SSSR count). The van der Waals surface area contributed by atoms with Crippen molar-refractivity contribution in [2.45, 2.75) is 26.7 Å². The molecule has 0 atom stereocenters. The highest BCUT2D eigenvalue weighted by molar-refractivity contribution is 5.97. The lowest BCUT2D eigenvalue weighted by Gasteiger charge is -2.10. The zero-order chi connectivity index (χ0) is 20.1. The van der Waals surface area contributed by atoms with Crippen LogP contribution in [-0.4, -0.2) is 24.3 Å². The zero-order valence-electron chi connectivity index (χ0n) is 15.9. The molecule has 146 valence electrons. The third-order valence-corrected chi connectivity index (χ3v) is 4.53. The molecule has 2 aromatic rings. The van der Waals surface area contributed by atoms with Crippen LogP contribution in [0.1, 0.15) is 34.3 Å². The van der Waals surface area contributed by atoms with Gasteiger partial charge in [-0.1, -0.05) is 6.07 Å². The summed E-state index contributed by atoms with van der Waals surface area (Å²) in [6, 6.07) is 12.0. The van der Waals surface area contributed by atoms with Crippen LogP contribution in [0.3, 0.4) is 0 Å². The van der Waals surface area contributed by atoms with Crippen LogP contribution >= 0.6 is 0 Å². The summed E-state index contributed by atoms with van der Waals surface area (Å²) in [5.74, 6) is -0.217. The molecule has 0 saturated heterocycles. The normalized spacial score (nSPS) is 12.8. The molecule has 0 spiro atoms. The molecular formula is C21H23N3O4. The van der Waals surface area contributed by atoms with Crippen molar-refractivity contribution in [3.05, 3.63) is 59.2 Å². The van der Waals surface area contributed by atoms with Gasteiger partial charge in [-0.3, -0.25) is 25.2 Å². The molecule has 0 heterocycles. The summed E-state index contributed by atoms with van der Waals surface area (Å²) < 4.78 is 5.42. The minimum Gasteiger partial charge on any atom is -0.484 e. The van der Waals surface area contributed by atoms with Crippen molar-refractivity contribution < 1.29 is 19.1 Å². The molecule has 0 aliphatic heterocycles. The van der Waals surface area contributed by atoms with Crippen molar-refractivity contribution in [1.82, 2.24) is 10.9 Å². The first-order valence-electron chi connectivity index (χ1n) is 9.12. The number of benzene rings is 2. The van der Waals surface area contributed by atoms with Gasteiger partial charge in [0.25, 0.3) is 11.8 Å². The van der Waals surface area contributed by atoms with Gasteiger partial charge in [0.1, 0.15) is 5.75 Å². The van der Waals surface area contributed by atoms with Crippen LogP contribution in [0.2, 0.25) is 0 Å². The molecule has 7 heteroatoms. The standard InChI is InChI=1S/C21H23N3O4/c1-13-3-10-18(11-14(13)2)28-12-19(25)23-24-21(27)16-6-8-17(9-7-16)22-20(26)15-4-5-15/h3,6-11,15H,4-5,12H2,1-2H3,(H,22,26)(H,23,25)(H,24,27). The monoisotopic (exact) mass is 381 g/mol. The molecule has 1 aliphatic carbocycles. The number of aryl methyl sites for hydroxylation is 2. The predicted octanol–water partition coefficient (Wildman–Crippen LogP) is 2.49. The van der Waals surface area contributed by atoms with Gasteiger partial charge >= 0.3 is 0 Å². The minimum absolute atomic E-state index is 0.00763. The van der Waals surface area contributed by atoms with Gasteiger partial charge in [0, 0.05) is 17.2 Å². The van der Waals surface area contributed by atoms with E-state index in [1.54, 1.807) is 30.3 Å². The Bertz CT molecular complexity index is 889. The van der Waals surface area contributed by atoms with Crippen LogP contribution in [-0.2, 0) is 9.59 Å². The lowest BCUT2D eigenvalue weighted by Crippen LogP contribution is -2.43. The Balaban J connectivity index is 1.43. The van der Waals surface area contributed by atoms with E-state index in [1.807, 2.05) is 26.0 Å². The zero-order valence-corrected chi connectivity index (χ0v) is 15.9. The van der Waals surface area contributed by atoms with Gasteiger partial charge in [-0.25, -0.2) is 0 Å². The van der Waals surface area contributed by atoms with Crippen LogP contribution in [0.5, 0.6) is 5.75 Å². The van der Waals surface area contributed by atoms with E-state index in [2.05, 4.69) is 16.2 Å². The number of rotatable bonds is 6. The average molecular weight is 381 g/mol. The molecule has 3 N–H and O–H groups in total. The van der Waals surface area contributed by atoms with E-state index >= 15 is 0 Å². The van der Waals surface area contributed by atoms with E-state index in [-0.39, 0.29) is 18.4 Å². The molecule has 0 bridgehead atoms. The van der Waals surface area contributed by atoms with E-state index < -0.39 is 11.8 Å². The lowest BCUT2D eigenvalue weighted by molar-refractivity contribution is -0.123. The highest BCUT2D eigenvalue weighted by Gasteiger charge is 2.29. The van der Waals surface area contributed by atoms with Crippen molar-refractivity contribution in [3.63, 3.8) is 0 Å². The second kappa shape index (κ2) is 8.56. The first kappa shape index (κ1) is 19.4. The highest BCUT2D eigenvalue weighted by Crippen LogP contribution is 2.30. The Morgan fingerprint density at radius 1 is 0.964 bits per heavy atom. The van der Waals surface area contributed by atoms with E-state index in [1.165, 1.54) is 0 Å². The molecule has 0 aromatic heterocycles. The highest BCUT2D eigenvalue weighted by atomic mass is 16.5. The van der Waals surface area contributed by atoms with Crippen molar-refractivity contribution in [2.75, 3.05) is 11.9 Å². The fourth-order valence-corrected chi connectivity index (χ4v) is 2.48. The Kier molecular flexibility index (Phi) is 5.93. The first-order chi connectivity index (χ1) is 13.4. The van der Waals surface area contributed by atoms with Crippen molar-refractivity contribution >= 4 is 23.4 Å². The molecule has 28 heavy (non-hydrogen) atoms. The number of hydrogen-bond donors (Lipinski definition) is 3. The number of hydrogen-bond acceptors (Lipinski definition) is 4. The summed E-state index contributed by atoms with van der Waals surface area (Å²) in [4.78, 5) is 35.7. The quantitative estimate of drug-likeness (QED) is 0.670. The van der Waals surface area contributed by atoms with Gasteiger partial charge in [0.05, 0.1) is 0 Å². The Morgan fingerprint density at radius 3 is 2.32 bits per heavy atom. The number of carbonyl (C=O) groups is 3. The summed E-state index contributed by atoms with van der Waals surface area (Å²) in [6.07, 6.45) is 1.86. The van der Waals surface area contributed by atoms with E-state index in [0.29, 0.717) is 17.0 Å². The Morgan fingerprint density at radius 2 is 1.68 bits per heavy atom. The van der Waals surface area contributed by atoms with Crippen molar-refractivity contribution in [3.8, 4) is 5.75 Å². The smallest absolute Gasteiger partial charge is 0.276 e. The second-order valence-corrected chi connectivity index (χ2v) is 6.88. The van der Waals surface area contributed by atoms with Gasteiger partial charge in [-0.2, -0.15) is 0 Å². The van der Waals surface area contributed by atoms with Gasteiger partial charge in [0.2, 0.25) is 5.91 Å². The topological polar surface area (TPSA) is 96.5 Å². The molecule has 1 fully saturated rings. The van der Waals surface area contributed by atoms with Crippen LogP contribution in [0, 0.1) is 19.8 Å². The van der Waals surface area contributed by atoms with Crippen LogP contribution < -0.4 is 20.9 Å². The number of amides is 3. The number of ether oxygens (including phenoxy) is 1. The maximum Gasteiger partial charge on any atom is 0.276 e. The van der Waals surface area contributed by atoms with Crippen LogP contribution in [0.4, 0.5) is 5.69 Å². The van der Waals surface area contributed by atoms with Gasteiger partial charge in [0.15, 0.2) is 6.61 Å². The summed E-state index contributed by atoms with van der Waals surface area (Å²) in [5, 5.41) is 2.80. The van der Waals surface area contributed by atoms with E-state index in [4.69, 9.17) is 4.74 Å². The summed E-state index contributed by atoms with van der Waals surface area (Å²) >= 11 is 0. The number of hydrazine groups is 1. The minimum atomic E-state index is -0.472. The second-order valence-electron chi connectivity index (χ2n) is 6.88. The average Bonchev–Trinajstić information content (AvgIpc) is 3.53. The molecule has 1 aliphatic rings. The summed E-state index contributed by atoms with van der Waals surface area (Å²) in [5.41, 5.74) is 7.86. The third kappa shape index (κ3) is 5.33. The van der Waals surface area contributed by atoms with Crippen molar-refractivity contribution in [2.24, 2.45) is 5.92 Å².